The fraction of sp³-hybridized carbons (Fsp3) is 0.214. The van der Waals surface area contributed by atoms with Gasteiger partial charge in [0.15, 0.2) is 0 Å². The number of carbonyl (C=O) groups is 1. The molecule has 0 atom stereocenters. The molecule has 0 bridgehead atoms. The number of hydrogen-bond acceptors (Lipinski definition) is 3. The van der Waals surface area contributed by atoms with Gasteiger partial charge in [0.25, 0.3) is 0 Å². The molecule has 0 aliphatic carbocycles. The molecule has 2 aromatic carbocycles. The van der Waals surface area contributed by atoms with Gasteiger partial charge in [-0.05, 0) is 23.9 Å². The Hall–Kier alpha value is -2.07. The van der Waals surface area contributed by atoms with Crippen LogP contribution in [0.3, 0.4) is 0 Å². The van der Waals surface area contributed by atoms with Gasteiger partial charge in [0.1, 0.15) is 6.61 Å². The number of fused-ring (bicyclic) bond motifs is 1. The van der Waals surface area contributed by atoms with Gasteiger partial charge in [-0.1, -0.05) is 24.3 Å². The van der Waals surface area contributed by atoms with Crippen molar-refractivity contribution in [3.63, 3.8) is 0 Å². The highest BCUT2D eigenvalue weighted by Crippen LogP contribution is 2.32. The zero-order valence-electron chi connectivity index (χ0n) is 10.5. The van der Waals surface area contributed by atoms with E-state index in [9.17, 15) is 4.79 Å². The Morgan fingerprint density at radius 2 is 2.11 bits per heavy atom. The number of hydrogen-bond donors (Lipinski definition) is 2. The minimum Gasteiger partial charge on any atom is -0.397 e. The van der Waals surface area contributed by atoms with Crippen LogP contribution in [0.5, 0.6) is 0 Å². The number of benzene rings is 2. The van der Waals surface area contributed by atoms with Gasteiger partial charge in [-0.15, -0.1) is 0 Å². The Bertz CT molecular complexity index is 594. The fourth-order valence-electron chi connectivity index (χ4n) is 1.95. The van der Waals surface area contributed by atoms with E-state index in [0.717, 1.165) is 16.3 Å². The molecule has 0 aliphatic heterocycles. The zero-order valence-corrected chi connectivity index (χ0v) is 10.5. The van der Waals surface area contributed by atoms with Crippen LogP contribution in [0.15, 0.2) is 30.3 Å². The molecule has 18 heavy (non-hydrogen) atoms. The molecule has 0 unspecified atom stereocenters. The maximum atomic E-state index is 11.6. The molecule has 4 heteroatoms. The first kappa shape index (κ1) is 12.4. The normalized spacial score (nSPS) is 10.6. The van der Waals surface area contributed by atoms with Crippen molar-refractivity contribution in [1.82, 2.24) is 0 Å². The highest BCUT2D eigenvalue weighted by Gasteiger charge is 2.11. The second-order valence-electron chi connectivity index (χ2n) is 4.18. The Morgan fingerprint density at radius 3 is 2.83 bits per heavy atom. The maximum absolute atomic E-state index is 11.6. The average Bonchev–Trinajstić information content (AvgIpc) is 2.35. The molecular weight excluding hydrogens is 228 g/mol. The van der Waals surface area contributed by atoms with Gasteiger partial charge in [-0.3, -0.25) is 4.79 Å². The molecule has 0 heterocycles. The lowest BCUT2D eigenvalue weighted by Crippen LogP contribution is -2.18. The summed E-state index contributed by atoms with van der Waals surface area (Å²) in [6.45, 7) is 1.94. The van der Waals surface area contributed by atoms with Crippen molar-refractivity contribution in [2.75, 3.05) is 24.8 Å². The van der Waals surface area contributed by atoms with Gasteiger partial charge < -0.3 is 15.8 Å². The van der Waals surface area contributed by atoms with E-state index in [1.54, 1.807) is 0 Å². The van der Waals surface area contributed by atoms with Crippen LogP contribution in [-0.4, -0.2) is 19.6 Å². The monoisotopic (exact) mass is 244 g/mol. The number of nitrogens with one attached hydrogen (secondary N) is 1. The number of anilines is 2. The van der Waals surface area contributed by atoms with E-state index in [0.29, 0.717) is 11.4 Å². The third-order valence-electron chi connectivity index (χ3n) is 2.84. The van der Waals surface area contributed by atoms with Crippen molar-refractivity contribution in [2.24, 2.45) is 0 Å². The number of nitrogens with two attached hydrogens (primary N) is 1. The fourth-order valence-corrected chi connectivity index (χ4v) is 1.95. The van der Waals surface area contributed by atoms with E-state index in [1.807, 2.05) is 37.3 Å². The van der Waals surface area contributed by atoms with Gasteiger partial charge in [-0.25, -0.2) is 0 Å². The highest BCUT2D eigenvalue weighted by atomic mass is 16.5. The number of methoxy groups -OCH3 is 1. The molecule has 0 aromatic heterocycles. The minimum atomic E-state index is -0.208. The summed E-state index contributed by atoms with van der Waals surface area (Å²) in [7, 11) is 1.48. The van der Waals surface area contributed by atoms with Crippen LogP contribution in [0.4, 0.5) is 11.4 Å². The average molecular weight is 244 g/mol. The molecule has 2 aromatic rings. The molecule has 3 N–H and O–H groups in total. The number of rotatable bonds is 3. The van der Waals surface area contributed by atoms with Crippen molar-refractivity contribution in [3.05, 3.63) is 35.9 Å². The third-order valence-corrected chi connectivity index (χ3v) is 2.84. The van der Waals surface area contributed by atoms with Crippen LogP contribution in [0.25, 0.3) is 10.8 Å². The first-order chi connectivity index (χ1) is 8.63. The van der Waals surface area contributed by atoms with E-state index in [1.165, 1.54) is 7.11 Å². The molecule has 0 saturated heterocycles. The Morgan fingerprint density at radius 1 is 1.39 bits per heavy atom. The SMILES string of the molecule is COCC(=O)Nc1c(N)c(C)cc2ccccc12. The first-order valence-corrected chi connectivity index (χ1v) is 5.70. The number of carbonyl (C=O) groups excluding carboxylic acids is 1. The van der Waals surface area contributed by atoms with Crippen LogP contribution in [0, 0.1) is 6.92 Å². The molecule has 2 rings (SSSR count). The van der Waals surface area contributed by atoms with Gasteiger partial charge in [0.2, 0.25) is 5.91 Å². The summed E-state index contributed by atoms with van der Waals surface area (Å²) in [6, 6.07) is 9.82. The summed E-state index contributed by atoms with van der Waals surface area (Å²) in [5.74, 6) is -0.208. The standard InChI is InChI=1S/C14H16N2O2/c1-9-7-10-5-3-4-6-11(10)14(13(9)15)16-12(17)8-18-2/h3-7H,8,15H2,1-2H3,(H,16,17). The predicted molar refractivity (Wildman–Crippen MR) is 73.6 cm³/mol. The molecule has 0 radical (unpaired) electrons. The van der Waals surface area contributed by atoms with Crippen molar-refractivity contribution < 1.29 is 9.53 Å². The maximum Gasteiger partial charge on any atom is 0.250 e. The van der Waals surface area contributed by atoms with E-state index >= 15 is 0 Å². The summed E-state index contributed by atoms with van der Waals surface area (Å²) in [4.78, 5) is 11.6. The molecule has 0 spiro atoms. The van der Waals surface area contributed by atoms with Crippen LogP contribution in [-0.2, 0) is 9.53 Å². The quantitative estimate of drug-likeness (QED) is 0.814. The molecule has 0 fully saturated rings. The molecular formula is C14H16N2O2. The van der Waals surface area contributed by atoms with E-state index in [4.69, 9.17) is 10.5 Å². The molecule has 4 nitrogen and oxygen atoms in total. The lowest BCUT2D eigenvalue weighted by Gasteiger charge is -2.13. The predicted octanol–water partition coefficient (Wildman–Crippen LogP) is 2.32. The van der Waals surface area contributed by atoms with Crippen LogP contribution in [0.2, 0.25) is 0 Å². The lowest BCUT2D eigenvalue weighted by molar-refractivity contribution is -0.119. The molecule has 94 valence electrons. The van der Waals surface area contributed by atoms with E-state index in [-0.39, 0.29) is 12.5 Å². The van der Waals surface area contributed by atoms with Gasteiger partial charge in [0.05, 0.1) is 11.4 Å². The van der Waals surface area contributed by atoms with E-state index in [2.05, 4.69) is 5.32 Å². The largest absolute Gasteiger partial charge is 0.397 e. The zero-order chi connectivity index (χ0) is 13.1. The first-order valence-electron chi connectivity index (χ1n) is 5.70. The molecule has 0 saturated carbocycles. The number of aryl methyl sites for hydroxylation is 1. The van der Waals surface area contributed by atoms with Crippen molar-refractivity contribution >= 4 is 28.1 Å². The van der Waals surface area contributed by atoms with Crippen LogP contribution in [0.1, 0.15) is 5.56 Å². The van der Waals surface area contributed by atoms with E-state index < -0.39 is 0 Å². The molecule has 0 aliphatic rings. The Balaban J connectivity index is 2.53. The summed E-state index contributed by atoms with van der Waals surface area (Å²) < 4.78 is 4.81. The number of ether oxygens (including phenoxy) is 1. The second-order valence-corrected chi connectivity index (χ2v) is 4.18. The van der Waals surface area contributed by atoms with Crippen molar-refractivity contribution in [2.45, 2.75) is 6.92 Å². The summed E-state index contributed by atoms with van der Waals surface area (Å²) >= 11 is 0. The summed E-state index contributed by atoms with van der Waals surface area (Å²) in [5.41, 5.74) is 8.24. The minimum absolute atomic E-state index is 0.0156. The smallest absolute Gasteiger partial charge is 0.250 e. The van der Waals surface area contributed by atoms with Crippen LogP contribution >= 0.6 is 0 Å². The van der Waals surface area contributed by atoms with Gasteiger partial charge in [0, 0.05) is 12.5 Å². The van der Waals surface area contributed by atoms with Gasteiger partial charge >= 0.3 is 0 Å². The Kier molecular flexibility index (Phi) is 3.48. The second kappa shape index (κ2) is 5.06. The topological polar surface area (TPSA) is 64.3 Å². The van der Waals surface area contributed by atoms with Crippen molar-refractivity contribution in [1.29, 1.82) is 0 Å². The lowest BCUT2D eigenvalue weighted by atomic mass is 10.0. The van der Waals surface area contributed by atoms with Crippen LogP contribution < -0.4 is 11.1 Å². The number of amides is 1. The number of nitrogen functional groups attached to an aromatic ring is 1. The highest BCUT2D eigenvalue weighted by molar-refractivity contribution is 6.07. The summed E-state index contributed by atoms with van der Waals surface area (Å²) in [6.07, 6.45) is 0. The third kappa shape index (κ3) is 2.28. The Labute approximate surface area is 106 Å². The van der Waals surface area contributed by atoms with Crippen molar-refractivity contribution in [3.8, 4) is 0 Å². The summed E-state index contributed by atoms with van der Waals surface area (Å²) in [5, 5.41) is 4.79. The molecule has 1 amide bonds. The van der Waals surface area contributed by atoms with Gasteiger partial charge in [-0.2, -0.15) is 0 Å².